The molecule has 0 fully saturated rings. The fourth-order valence-corrected chi connectivity index (χ4v) is 3.99. The average Bonchev–Trinajstić information content (AvgIpc) is 3.02. The van der Waals surface area contributed by atoms with Crippen molar-refractivity contribution in [3.05, 3.63) is 112 Å². The second-order valence-corrected chi connectivity index (χ2v) is 11.2. The zero-order valence-electron chi connectivity index (χ0n) is 26.1. The van der Waals surface area contributed by atoms with Gasteiger partial charge in [-0.05, 0) is 50.1 Å². The monoisotopic (exact) mass is 644 g/mol. The van der Waals surface area contributed by atoms with Gasteiger partial charge in [0.2, 0.25) is 17.7 Å². The summed E-state index contributed by atoms with van der Waals surface area (Å²) in [6, 6.07) is 21.7. The van der Waals surface area contributed by atoms with E-state index in [1.165, 1.54) is 30.3 Å². The van der Waals surface area contributed by atoms with Crippen LogP contribution in [0.5, 0.6) is 0 Å². The Kier molecular flexibility index (Phi) is 12.7. The van der Waals surface area contributed by atoms with Crippen LogP contribution in [0.15, 0.2) is 90.6 Å². The smallest absolute Gasteiger partial charge is 0.408 e. The minimum absolute atomic E-state index is 0.110. The van der Waals surface area contributed by atoms with Crippen LogP contribution in [-0.4, -0.2) is 59.4 Å². The van der Waals surface area contributed by atoms with Crippen LogP contribution in [0, 0.1) is 10.1 Å². The van der Waals surface area contributed by atoms with E-state index in [1.54, 1.807) is 81.4 Å². The van der Waals surface area contributed by atoms with E-state index in [-0.39, 0.29) is 23.5 Å². The van der Waals surface area contributed by atoms with Gasteiger partial charge >= 0.3 is 6.09 Å². The first-order valence-electron chi connectivity index (χ1n) is 14.5. The first kappa shape index (κ1) is 35.4. The predicted octanol–water partition coefficient (Wildman–Crippen LogP) is 3.06. The number of ether oxygens (including phenoxy) is 1. The molecule has 246 valence electrons. The summed E-state index contributed by atoms with van der Waals surface area (Å²) in [5.41, 5.74) is 0.490. The maximum atomic E-state index is 13.2. The highest BCUT2D eigenvalue weighted by Gasteiger charge is 2.23. The summed E-state index contributed by atoms with van der Waals surface area (Å²) in [7, 11) is 0. The molecule has 0 spiro atoms. The van der Waals surface area contributed by atoms with Gasteiger partial charge in [0.15, 0.2) is 0 Å². The van der Waals surface area contributed by atoms with Gasteiger partial charge < -0.3 is 31.3 Å². The van der Waals surface area contributed by atoms with Crippen LogP contribution < -0.4 is 26.6 Å². The number of amides is 5. The van der Waals surface area contributed by atoms with Crippen LogP contribution in [-0.2, 0) is 30.3 Å². The summed E-state index contributed by atoms with van der Waals surface area (Å²) >= 11 is 0. The van der Waals surface area contributed by atoms with Crippen LogP contribution in [0.4, 0.5) is 16.2 Å². The number of hydrogen-bond donors (Lipinski definition) is 5. The van der Waals surface area contributed by atoms with E-state index in [0.717, 1.165) is 5.56 Å². The molecule has 0 unspecified atom stereocenters. The molecule has 5 N–H and O–H groups in total. The number of nitrogens with zero attached hydrogens (tertiary/aromatic N) is 1. The normalized spacial score (nSPS) is 11.8. The van der Waals surface area contributed by atoms with Crippen LogP contribution in [0.2, 0.25) is 0 Å². The van der Waals surface area contributed by atoms with Crippen LogP contribution in [0.25, 0.3) is 6.08 Å². The van der Waals surface area contributed by atoms with E-state index in [9.17, 15) is 34.1 Å². The number of carbonyl (C=O) groups is 5. The molecule has 0 aliphatic carbocycles. The molecule has 0 radical (unpaired) electrons. The third kappa shape index (κ3) is 12.8. The van der Waals surface area contributed by atoms with Crippen molar-refractivity contribution in [3.8, 4) is 0 Å². The van der Waals surface area contributed by atoms with Gasteiger partial charge in [-0.25, -0.2) is 4.79 Å². The molecular weight excluding hydrogens is 608 g/mol. The summed E-state index contributed by atoms with van der Waals surface area (Å²) in [4.78, 5) is 74.2. The lowest BCUT2D eigenvalue weighted by molar-refractivity contribution is -0.384. The zero-order valence-corrected chi connectivity index (χ0v) is 26.1. The highest BCUT2D eigenvalue weighted by Crippen LogP contribution is 2.16. The number of benzene rings is 3. The topological polar surface area (TPSA) is 198 Å². The Morgan fingerprint density at radius 1 is 0.830 bits per heavy atom. The zero-order chi connectivity index (χ0) is 34.4. The lowest BCUT2D eigenvalue weighted by Crippen LogP contribution is -2.49. The van der Waals surface area contributed by atoms with Gasteiger partial charge in [0, 0.05) is 24.2 Å². The highest BCUT2D eigenvalue weighted by atomic mass is 16.6. The summed E-state index contributed by atoms with van der Waals surface area (Å²) in [6.07, 6.45) is 0.693. The molecule has 3 rings (SSSR count). The van der Waals surface area contributed by atoms with Gasteiger partial charge in [0.25, 0.3) is 11.6 Å². The summed E-state index contributed by atoms with van der Waals surface area (Å²) in [6.45, 7) is 3.97. The lowest BCUT2D eigenvalue weighted by atomic mass is 10.0. The number of nitrogens with one attached hydrogen (secondary N) is 5. The molecule has 47 heavy (non-hydrogen) atoms. The minimum Gasteiger partial charge on any atom is -0.444 e. The molecule has 14 heteroatoms. The third-order valence-electron chi connectivity index (χ3n) is 6.11. The number of carbonyl (C=O) groups excluding carboxylic acids is 5. The molecule has 3 aromatic carbocycles. The molecule has 14 nitrogen and oxygen atoms in total. The van der Waals surface area contributed by atoms with Gasteiger partial charge in [-0.3, -0.25) is 29.3 Å². The van der Waals surface area contributed by atoms with Crippen LogP contribution in [0.3, 0.4) is 0 Å². The molecule has 0 bridgehead atoms. The van der Waals surface area contributed by atoms with E-state index in [2.05, 4.69) is 26.6 Å². The maximum Gasteiger partial charge on any atom is 0.408 e. The number of nitro groups is 1. The van der Waals surface area contributed by atoms with Gasteiger partial charge in [-0.15, -0.1) is 0 Å². The van der Waals surface area contributed by atoms with Crippen molar-refractivity contribution in [2.45, 2.75) is 38.8 Å². The van der Waals surface area contributed by atoms with E-state index in [4.69, 9.17) is 4.74 Å². The van der Waals surface area contributed by atoms with Crippen molar-refractivity contribution < 1.29 is 33.6 Å². The number of nitro benzene ring substituents is 1. The Balaban J connectivity index is 1.67. The van der Waals surface area contributed by atoms with Gasteiger partial charge in [0.1, 0.15) is 23.9 Å². The van der Waals surface area contributed by atoms with Crippen molar-refractivity contribution in [1.82, 2.24) is 21.3 Å². The molecular formula is C33H36N6O8. The Bertz CT molecular complexity index is 1600. The van der Waals surface area contributed by atoms with Crippen molar-refractivity contribution in [1.29, 1.82) is 0 Å². The lowest BCUT2D eigenvalue weighted by Gasteiger charge is -2.20. The fraction of sp³-hybridized carbons (Fsp3) is 0.242. The molecule has 5 amide bonds. The largest absolute Gasteiger partial charge is 0.444 e. The average molecular weight is 645 g/mol. The number of non-ortho nitro benzene ring substituents is 1. The molecule has 0 aliphatic heterocycles. The molecule has 1 atom stereocenters. The molecule has 0 heterocycles. The van der Waals surface area contributed by atoms with Crippen molar-refractivity contribution >= 4 is 47.2 Å². The van der Waals surface area contributed by atoms with E-state index < -0.39 is 59.4 Å². The number of alkyl carbamates (subject to hydrolysis) is 1. The number of rotatable bonds is 13. The van der Waals surface area contributed by atoms with Crippen LogP contribution in [0.1, 0.15) is 31.9 Å². The van der Waals surface area contributed by atoms with E-state index >= 15 is 0 Å². The van der Waals surface area contributed by atoms with E-state index in [1.807, 2.05) is 0 Å². The summed E-state index contributed by atoms with van der Waals surface area (Å²) in [5, 5.41) is 23.4. The molecule has 3 aromatic rings. The van der Waals surface area contributed by atoms with E-state index in [0.29, 0.717) is 5.56 Å². The fourth-order valence-electron chi connectivity index (χ4n) is 3.99. The quantitative estimate of drug-likeness (QED) is 0.106. The standard InChI is InChI=1S/C33H36N6O8/c1-33(2,3)47-32(44)35-21-29(41)37-26(18-22-10-6-4-7-11-22)30(42)34-20-28(40)38-27(19-23-12-8-5-9-13-23)31(43)36-24-14-16-25(17-15-24)39(45)46/h4-18,27H,19-21H2,1-3H3,(H,34,42)(H,35,44)(H,36,43)(H,37,41)(H,38,40)/b26-18-/t27-/m0/s1. The molecule has 0 saturated carbocycles. The van der Waals surface area contributed by atoms with Gasteiger partial charge in [-0.1, -0.05) is 60.7 Å². The number of hydrogen-bond acceptors (Lipinski definition) is 8. The summed E-state index contributed by atoms with van der Waals surface area (Å²) < 4.78 is 5.11. The van der Waals surface area contributed by atoms with Crippen molar-refractivity contribution in [3.63, 3.8) is 0 Å². The molecule has 0 aliphatic rings. The van der Waals surface area contributed by atoms with Crippen molar-refractivity contribution in [2.24, 2.45) is 0 Å². The van der Waals surface area contributed by atoms with Gasteiger partial charge in [-0.2, -0.15) is 0 Å². The Labute approximate surface area is 271 Å². The first-order valence-corrected chi connectivity index (χ1v) is 14.5. The molecule has 0 saturated heterocycles. The predicted molar refractivity (Wildman–Crippen MR) is 174 cm³/mol. The SMILES string of the molecule is CC(C)(C)OC(=O)NCC(=O)N/C(=C\c1ccccc1)C(=O)NCC(=O)N[C@@H](Cc1ccccc1)C(=O)Nc1ccc([N+](=O)[O-])cc1. The second kappa shape index (κ2) is 16.9. The number of anilines is 1. The minimum atomic E-state index is -1.07. The Hall–Kier alpha value is -6.05. The van der Waals surface area contributed by atoms with Crippen LogP contribution >= 0.6 is 0 Å². The molecule has 0 aromatic heterocycles. The highest BCUT2D eigenvalue weighted by molar-refractivity contribution is 6.03. The first-order chi connectivity index (χ1) is 22.3. The van der Waals surface area contributed by atoms with Gasteiger partial charge in [0.05, 0.1) is 11.5 Å². The Morgan fingerprint density at radius 3 is 2.02 bits per heavy atom. The van der Waals surface area contributed by atoms with Crippen molar-refractivity contribution in [2.75, 3.05) is 18.4 Å². The Morgan fingerprint density at radius 2 is 1.43 bits per heavy atom. The maximum absolute atomic E-state index is 13.2. The second-order valence-electron chi connectivity index (χ2n) is 11.2. The third-order valence-corrected chi connectivity index (χ3v) is 6.11. The summed E-state index contributed by atoms with van der Waals surface area (Å²) in [5.74, 6) is -2.81.